The van der Waals surface area contributed by atoms with Crippen LogP contribution < -0.4 is 10.5 Å². The molecule has 0 spiro atoms. The average molecular weight is 255 g/mol. The van der Waals surface area contributed by atoms with E-state index in [1.54, 1.807) is 0 Å². The maximum absolute atomic E-state index is 13.5. The fourth-order valence-electron chi connectivity index (χ4n) is 1.40. The van der Waals surface area contributed by atoms with Crippen LogP contribution in [-0.2, 0) is 0 Å². The Bertz CT molecular complexity index is 604. The SMILES string of the molecule is COc1cc(-c2cc(F)c(F)cc2F)nc(N)n1. The van der Waals surface area contributed by atoms with Crippen LogP contribution in [0.3, 0.4) is 0 Å². The van der Waals surface area contributed by atoms with Crippen molar-refractivity contribution in [3.63, 3.8) is 0 Å². The van der Waals surface area contributed by atoms with E-state index in [2.05, 4.69) is 9.97 Å². The number of ether oxygens (including phenoxy) is 1. The normalized spacial score (nSPS) is 10.4. The lowest BCUT2D eigenvalue weighted by Gasteiger charge is -2.06. The van der Waals surface area contributed by atoms with Gasteiger partial charge >= 0.3 is 0 Å². The monoisotopic (exact) mass is 255 g/mol. The summed E-state index contributed by atoms with van der Waals surface area (Å²) in [5, 5.41) is 0. The second-order valence-electron chi connectivity index (χ2n) is 3.40. The summed E-state index contributed by atoms with van der Waals surface area (Å²) >= 11 is 0. The van der Waals surface area contributed by atoms with Gasteiger partial charge in [0.2, 0.25) is 11.8 Å². The zero-order chi connectivity index (χ0) is 13.3. The first-order chi connectivity index (χ1) is 8.51. The second-order valence-corrected chi connectivity index (χ2v) is 3.40. The standard InChI is InChI=1S/C11H8F3N3O/c1-18-10-4-9(16-11(15)17-10)5-2-7(13)8(14)3-6(5)12/h2-4H,1H3,(H2,15,16,17). The summed E-state index contributed by atoms with van der Waals surface area (Å²) in [6.07, 6.45) is 0. The number of methoxy groups -OCH3 is 1. The van der Waals surface area contributed by atoms with Gasteiger partial charge in [-0.2, -0.15) is 4.98 Å². The lowest BCUT2D eigenvalue weighted by molar-refractivity contribution is 0.398. The summed E-state index contributed by atoms with van der Waals surface area (Å²) in [5.41, 5.74) is 5.19. The molecule has 7 heteroatoms. The molecule has 0 bridgehead atoms. The van der Waals surface area contributed by atoms with E-state index in [9.17, 15) is 13.2 Å². The van der Waals surface area contributed by atoms with E-state index in [1.165, 1.54) is 13.2 Å². The van der Waals surface area contributed by atoms with E-state index in [0.717, 1.165) is 0 Å². The van der Waals surface area contributed by atoms with Crippen LogP contribution >= 0.6 is 0 Å². The summed E-state index contributed by atoms with van der Waals surface area (Å²) < 4.78 is 44.2. The highest BCUT2D eigenvalue weighted by Crippen LogP contribution is 2.26. The Balaban J connectivity index is 2.61. The van der Waals surface area contributed by atoms with Gasteiger partial charge in [0.15, 0.2) is 11.6 Å². The van der Waals surface area contributed by atoms with Gasteiger partial charge in [-0.05, 0) is 6.07 Å². The van der Waals surface area contributed by atoms with Gasteiger partial charge in [-0.1, -0.05) is 0 Å². The molecule has 4 nitrogen and oxygen atoms in total. The Morgan fingerprint density at radius 1 is 1.00 bits per heavy atom. The van der Waals surface area contributed by atoms with Crippen molar-refractivity contribution in [1.29, 1.82) is 0 Å². The van der Waals surface area contributed by atoms with Gasteiger partial charge in [-0.3, -0.25) is 0 Å². The molecule has 2 rings (SSSR count). The number of hydrogen-bond acceptors (Lipinski definition) is 4. The molecule has 0 amide bonds. The molecular formula is C11H8F3N3O. The lowest BCUT2D eigenvalue weighted by Crippen LogP contribution is -2.01. The van der Waals surface area contributed by atoms with Crippen molar-refractivity contribution in [3.05, 3.63) is 35.7 Å². The summed E-state index contributed by atoms with van der Waals surface area (Å²) in [4.78, 5) is 7.44. The maximum atomic E-state index is 13.5. The molecule has 0 fully saturated rings. The van der Waals surface area contributed by atoms with E-state index in [1.807, 2.05) is 0 Å². The molecule has 0 saturated heterocycles. The predicted octanol–water partition coefficient (Wildman–Crippen LogP) is 2.15. The van der Waals surface area contributed by atoms with Crippen LogP contribution in [0.4, 0.5) is 19.1 Å². The Hall–Kier alpha value is -2.31. The van der Waals surface area contributed by atoms with Gasteiger partial charge < -0.3 is 10.5 Å². The number of aromatic nitrogens is 2. The van der Waals surface area contributed by atoms with Crippen molar-refractivity contribution in [3.8, 4) is 17.1 Å². The van der Waals surface area contributed by atoms with E-state index < -0.39 is 17.5 Å². The number of nitrogen functional groups attached to an aromatic ring is 1. The van der Waals surface area contributed by atoms with Gasteiger partial charge in [-0.25, -0.2) is 18.2 Å². The highest BCUT2D eigenvalue weighted by molar-refractivity contribution is 5.62. The molecule has 0 aliphatic heterocycles. The van der Waals surface area contributed by atoms with Crippen LogP contribution in [0.2, 0.25) is 0 Å². The Labute approximate surface area is 100 Å². The largest absolute Gasteiger partial charge is 0.481 e. The van der Waals surface area contributed by atoms with Crippen molar-refractivity contribution >= 4 is 5.95 Å². The van der Waals surface area contributed by atoms with Crippen molar-refractivity contribution in [1.82, 2.24) is 9.97 Å². The quantitative estimate of drug-likeness (QED) is 0.835. The molecule has 0 atom stereocenters. The highest BCUT2D eigenvalue weighted by Gasteiger charge is 2.14. The summed E-state index contributed by atoms with van der Waals surface area (Å²) in [7, 11) is 1.34. The topological polar surface area (TPSA) is 61.0 Å². The molecule has 2 N–H and O–H groups in total. The Kier molecular flexibility index (Phi) is 3.05. The molecule has 0 aliphatic rings. The van der Waals surface area contributed by atoms with Crippen LogP contribution in [0.15, 0.2) is 18.2 Å². The summed E-state index contributed by atoms with van der Waals surface area (Å²) in [6, 6.07) is 2.41. The molecule has 0 aliphatic carbocycles. The predicted molar refractivity (Wildman–Crippen MR) is 58.3 cm³/mol. The van der Waals surface area contributed by atoms with Crippen molar-refractivity contribution in [2.24, 2.45) is 0 Å². The Morgan fingerprint density at radius 2 is 1.67 bits per heavy atom. The zero-order valence-corrected chi connectivity index (χ0v) is 9.25. The van der Waals surface area contributed by atoms with Crippen LogP contribution in [0.1, 0.15) is 0 Å². The summed E-state index contributed by atoms with van der Waals surface area (Å²) in [6.45, 7) is 0. The third-order valence-electron chi connectivity index (χ3n) is 2.21. The van der Waals surface area contributed by atoms with Crippen LogP contribution in [0, 0.1) is 17.5 Å². The third-order valence-corrected chi connectivity index (χ3v) is 2.21. The number of benzene rings is 1. The molecule has 1 aromatic heterocycles. The van der Waals surface area contributed by atoms with Crippen LogP contribution in [0.5, 0.6) is 5.88 Å². The molecule has 1 aromatic carbocycles. The number of nitrogens with zero attached hydrogens (tertiary/aromatic N) is 2. The molecular weight excluding hydrogens is 247 g/mol. The second kappa shape index (κ2) is 4.52. The molecule has 94 valence electrons. The molecule has 0 radical (unpaired) electrons. The van der Waals surface area contributed by atoms with Crippen LogP contribution in [0.25, 0.3) is 11.3 Å². The lowest BCUT2D eigenvalue weighted by atomic mass is 10.1. The first-order valence-corrected chi connectivity index (χ1v) is 4.84. The van der Waals surface area contributed by atoms with Gasteiger partial charge in [0.25, 0.3) is 0 Å². The van der Waals surface area contributed by atoms with Crippen molar-refractivity contribution in [2.75, 3.05) is 12.8 Å². The minimum absolute atomic E-state index is 0.00995. The van der Waals surface area contributed by atoms with E-state index >= 15 is 0 Å². The molecule has 0 unspecified atom stereocenters. The zero-order valence-electron chi connectivity index (χ0n) is 9.25. The van der Waals surface area contributed by atoms with Gasteiger partial charge in [0, 0.05) is 17.7 Å². The number of halogens is 3. The van der Waals surface area contributed by atoms with Gasteiger partial charge in [0.05, 0.1) is 12.8 Å². The maximum Gasteiger partial charge on any atom is 0.223 e. The Morgan fingerprint density at radius 3 is 2.33 bits per heavy atom. The molecule has 0 saturated carbocycles. The van der Waals surface area contributed by atoms with E-state index in [-0.39, 0.29) is 23.1 Å². The fraction of sp³-hybridized carbons (Fsp3) is 0.0909. The molecule has 2 aromatic rings. The number of hydrogen-bond donors (Lipinski definition) is 1. The minimum atomic E-state index is -1.27. The van der Waals surface area contributed by atoms with Crippen molar-refractivity contribution < 1.29 is 17.9 Å². The smallest absolute Gasteiger partial charge is 0.223 e. The summed E-state index contributed by atoms with van der Waals surface area (Å²) in [5.74, 6) is -3.46. The fourth-order valence-corrected chi connectivity index (χ4v) is 1.40. The van der Waals surface area contributed by atoms with E-state index in [4.69, 9.17) is 10.5 Å². The highest BCUT2D eigenvalue weighted by atomic mass is 19.2. The number of nitrogens with two attached hydrogens (primary N) is 1. The minimum Gasteiger partial charge on any atom is -0.481 e. The molecule has 1 heterocycles. The number of anilines is 1. The van der Waals surface area contributed by atoms with E-state index in [0.29, 0.717) is 12.1 Å². The number of rotatable bonds is 2. The van der Waals surface area contributed by atoms with Gasteiger partial charge in [-0.15, -0.1) is 0 Å². The van der Waals surface area contributed by atoms with Crippen molar-refractivity contribution in [2.45, 2.75) is 0 Å². The van der Waals surface area contributed by atoms with Gasteiger partial charge in [0.1, 0.15) is 5.82 Å². The van der Waals surface area contributed by atoms with Crippen LogP contribution in [-0.4, -0.2) is 17.1 Å². The average Bonchev–Trinajstić information content (AvgIpc) is 2.33. The first kappa shape index (κ1) is 12.2. The third kappa shape index (κ3) is 2.20. The molecule has 18 heavy (non-hydrogen) atoms. The first-order valence-electron chi connectivity index (χ1n) is 4.84.